The molecule has 16 nitrogen and oxygen atoms in total. The normalized spacial score (nSPS) is 54.1. The number of carboxylic acid groups (broad SMARTS) is 1. The fourth-order valence-electron chi connectivity index (χ4n) is 14.8. The zero-order chi connectivity index (χ0) is 46.0. The molecular weight excluding hydrogens is 821 g/mol. The van der Waals surface area contributed by atoms with Gasteiger partial charge in [-0.15, -0.1) is 0 Å². The highest BCUT2D eigenvalue weighted by Crippen LogP contribution is 2.76. The zero-order valence-electron chi connectivity index (χ0n) is 38.3. The molecule has 3 saturated heterocycles. The van der Waals surface area contributed by atoms with Crippen LogP contribution in [0.1, 0.15) is 120 Å². The molecule has 4 saturated carbocycles. The molecule has 8 rings (SSSR count). The highest BCUT2D eigenvalue weighted by atomic mass is 16.8. The van der Waals surface area contributed by atoms with E-state index in [2.05, 4.69) is 54.5 Å². The molecule has 3 heterocycles. The number of hydrogen-bond acceptors (Lipinski definition) is 15. The molecule has 3 aliphatic heterocycles. The van der Waals surface area contributed by atoms with E-state index in [1.807, 2.05) is 0 Å². The molecule has 9 N–H and O–H groups in total. The minimum Gasteiger partial charge on any atom is -0.481 e. The summed E-state index contributed by atoms with van der Waals surface area (Å²) in [6.07, 6.45) is -10.4. The van der Waals surface area contributed by atoms with Gasteiger partial charge in [-0.2, -0.15) is 0 Å². The van der Waals surface area contributed by atoms with E-state index in [0.717, 1.165) is 51.4 Å². The van der Waals surface area contributed by atoms with Crippen LogP contribution in [0, 0.1) is 50.2 Å². The number of allylic oxidation sites excluding steroid dienone is 2. The summed E-state index contributed by atoms with van der Waals surface area (Å²) < 4.78 is 36.2. The van der Waals surface area contributed by atoms with E-state index in [9.17, 15) is 50.8 Å². The van der Waals surface area contributed by atoms with Gasteiger partial charge in [0.2, 0.25) is 0 Å². The van der Waals surface area contributed by atoms with Crippen LogP contribution < -0.4 is 0 Å². The Morgan fingerprint density at radius 3 is 2.08 bits per heavy atom. The van der Waals surface area contributed by atoms with Crippen molar-refractivity contribution in [2.75, 3.05) is 13.2 Å². The first-order chi connectivity index (χ1) is 29.4. The molecule has 0 bridgehead atoms. The molecule has 0 aromatic carbocycles. The summed E-state index contributed by atoms with van der Waals surface area (Å²) in [5, 5.41) is 96.8. The van der Waals surface area contributed by atoms with Gasteiger partial charge in [0, 0.05) is 0 Å². The van der Waals surface area contributed by atoms with Crippen LogP contribution in [0.25, 0.3) is 0 Å². The van der Waals surface area contributed by atoms with Crippen LogP contribution in [0.3, 0.4) is 0 Å². The third kappa shape index (κ3) is 7.51. The van der Waals surface area contributed by atoms with Crippen molar-refractivity contribution in [3.8, 4) is 0 Å². The Labute approximate surface area is 371 Å². The number of carboxylic acids is 1. The number of ether oxygens (including phenoxy) is 6. The molecule has 63 heavy (non-hydrogen) atoms. The van der Waals surface area contributed by atoms with Crippen LogP contribution in [0.4, 0.5) is 0 Å². The van der Waals surface area contributed by atoms with Crippen molar-refractivity contribution in [1.82, 2.24) is 0 Å². The Balaban J connectivity index is 1.00. The lowest BCUT2D eigenvalue weighted by Gasteiger charge is -2.71. The van der Waals surface area contributed by atoms with E-state index in [1.165, 1.54) is 5.57 Å². The minimum atomic E-state index is -1.78. The van der Waals surface area contributed by atoms with Gasteiger partial charge >= 0.3 is 5.97 Å². The molecule has 0 radical (unpaired) electrons. The van der Waals surface area contributed by atoms with Crippen LogP contribution in [-0.4, -0.2) is 157 Å². The highest BCUT2D eigenvalue weighted by Gasteiger charge is 2.70. The first-order valence-electron chi connectivity index (χ1n) is 23.6. The standard InChI is InChI=1S/C47H76O16/c1-22-30(50)36(62-40-37(33(53)32(52)26(20-48)60-40)63-38-34(54)31(51)25(49)21-58-38)35(55)39(59-22)61-29-12-13-44(6)27(43(29,4)5)11-14-46(8)28(44)10-9-23-24-19-42(2,3)15-17-47(24,41(56)57)18-16-45(23,46)7/h9,22,24-40,48-55H,10-21H2,1-8H3,(H,56,57)/t22-,24-,25+,26+,27+,28-,29+,30+,31-,32+,33-,34+,35-,36-,37-,38-,39+,40+,44-,45+,46+,47+/m1/s1. The average molecular weight is 897 g/mol. The summed E-state index contributed by atoms with van der Waals surface area (Å²) in [5.41, 5.74) is 0.211. The molecule has 22 atom stereocenters. The quantitative estimate of drug-likeness (QED) is 0.125. The second-order valence-electron chi connectivity index (χ2n) is 23.0. The van der Waals surface area contributed by atoms with Crippen molar-refractivity contribution in [1.29, 1.82) is 0 Å². The van der Waals surface area contributed by atoms with Gasteiger partial charge in [-0.25, -0.2) is 0 Å². The van der Waals surface area contributed by atoms with Crippen LogP contribution in [0.2, 0.25) is 0 Å². The lowest BCUT2D eigenvalue weighted by atomic mass is 9.33. The summed E-state index contributed by atoms with van der Waals surface area (Å²) in [7, 11) is 0. The van der Waals surface area contributed by atoms with E-state index in [1.54, 1.807) is 6.92 Å². The number of carbonyl (C=O) groups is 1. The maximum Gasteiger partial charge on any atom is 0.310 e. The van der Waals surface area contributed by atoms with Crippen LogP contribution in [0.5, 0.6) is 0 Å². The largest absolute Gasteiger partial charge is 0.481 e. The van der Waals surface area contributed by atoms with Gasteiger partial charge in [0.15, 0.2) is 18.9 Å². The van der Waals surface area contributed by atoms with Gasteiger partial charge in [-0.3, -0.25) is 4.79 Å². The lowest BCUT2D eigenvalue weighted by Crippen LogP contribution is -2.67. The van der Waals surface area contributed by atoms with Gasteiger partial charge in [-0.1, -0.05) is 60.1 Å². The average Bonchev–Trinajstić information content (AvgIpc) is 3.21. The second kappa shape index (κ2) is 16.7. The predicted molar refractivity (Wildman–Crippen MR) is 223 cm³/mol. The molecule has 360 valence electrons. The van der Waals surface area contributed by atoms with E-state index in [-0.39, 0.29) is 45.0 Å². The fourth-order valence-corrected chi connectivity index (χ4v) is 14.8. The monoisotopic (exact) mass is 897 g/mol. The van der Waals surface area contributed by atoms with E-state index in [4.69, 9.17) is 28.4 Å². The number of rotatable bonds is 8. The Morgan fingerprint density at radius 1 is 0.714 bits per heavy atom. The first-order valence-corrected chi connectivity index (χ1v) is 23.6. The molecule has 0 amide bonds. The zero-order valence-corrected chi connectivity index (χ0v) is 38.3. The summed E-state index contributed by atoms with van der Waals surface area (Å²) >= 11 is 0. The Kier molecular flexibility index (Phi) is 12.8. The molecule has 0 aromatic heterocycles. The van der Waals surface area contributed by atoms with Crippen molar-refractivity contribution in [3.05, 3.63) is 11.6 Å². The first kappa shape index (κ1) is 48.1. The molecular formula is C47H76O16. The van der Waals surface area contributed by atoms with Crippen molar-refractivity contribution in [3.63, 3.8) is 0 Å². The van der Waals surface area contributed by atoms with Gasteiger partial charge in [0.05, 0.1) is 30.8 Å². The van der Waals surface area contributed by atoms with E-state index >= 15 is 0 Å². The smallest absolute Gasteiger partial charge is 0.310 e. The van der Waals surface area contributed by atoms with Crippen molar-refractivity contribution in [2.45, 2.75) is 212 Å². The molecule has 0 unspecified atom stereocenters. The fraction of sp³-hybridized carbons (Fsp3) is 0.936. The molecule has 8 aliphatic rings. The summed E-state index contributed by atoms with van der Waals surface area (Å²) in [5.74, 6) is 0.0226. The maximum absolute atomic E-state index is 13.1. The van der Waals surface area contributed by atoms with Gasteiger partial charge < -0.3 is 74.4 Å². The van der Waals surface area contributed by atoms with Crippen molar-refractivity contribution < 1.29 is 79.2 Å². The SMILES string of the molecule is C[C@H]1O[C@@H](O[C@H]2CC[C@@]3(C)[C@H]4CC=C5[C@H]6CC(C)(C)CC[C@]6(C(=O)O)CC[C@]5(C)[C@@]4(C)CC[C@H]3C2(C)C)[C@H](O)[C@H](O[C@@H]2O[C@@H](CO)[C@H](O)[C@@H](O)[C@H]2O[C@H]2OC[C@H](O)[C@@H](O)[C@@H]2O)[C@H]1O. The van der Waals surface area contributed by atoms with E-state index in [0.29, 0.717) is 18.8 Å². The lowest BCUT2D eigenvalue weighted by molar-refractivity contribution is -0.386. The van der Waals surface area contributed by atoms with Crippen LogP contribution in [0.15, 0.2) is 11.6 Å². The summed E-state index contributed by atoms with van der Waals surface area (Å²) in [6, 6.07) is 0. The van der Waals surface area contributed by atoms with Crippen molar-refractivity contribution in [2.24, 2.45) is 50.2 Å². The number of hydrogen-bond donors (Lipinski definition) is 9. The molecule has 16 heteroatoms. The Hall–Kier alpha value is -1.35. The topological polar surface area (TPSA) is 255 Å². The molecule has 7 fully saturated rings. The van der Waals surface area contributed by atoms with Crippen LogP contribution in [-0.2, 0) is 33.2 Å². The van der Waals surface area contributed by atoms with Gasteiger partial charge in [0.1, 0.15) is 61.0 Å². The highest BCUT2D eigenvalue weighted by molar-refractivity contribution is 5.76. The van der Waals surface area contributed by atoms with Crippen molar-refractivity contribution >= 4 is 5.97 Å². The van der Waals surface area contributed by atoms with Crippen LogP contribution >= 0.6 is 0 Å². The molecule has 0 aromatic rings. The maximum atomic E-state index is 13.1. The Bertz CT molecular complexity index is 1720. The second-order valence-corrected chi connectivity index (χ2v) is 23.0. The number of aliphatic hydroxyl groups excluding tert-OH is 8. The number of fused-ring (bicyclic) bond motifs is 7. The summed E-state index contributed by atoms with van der Waals surface area (Å²) in [4.78, 5) is 13.1. The van der Waals surface area contributed by atoms with Gasteiger partial charge in [-0.05, 0) is 116 Å². The Morgan fingerprint density at radius 2 is 1.40 bits per heavy atom. The molecule has 5 aliphatic carbocycles. The summed E-state index contributed by atoms with van der Waals surface area (Å²) in [6.45, 7) is 16.9. The number of aliphatic hydroxyl groups is 8. The molecule has 0 spiro atoms. The predicted octanol–water partition coefficient (Wildman–Crippen LogP) is 2.37. The number of aliphatic carboxylic acids is 1. The third-order valence-corrected chi connectivity index (χ3v) is 18.9. The van der Waals surface area contributed by atoms with E-state index < -0.39 is 111 Å². The minimum absolute atomic E-state index is 0.0269. The third-order valence-electron chi connectivity index (χ3n) is 18.9. The van der Waals surface area contributed by atoms with Gasteiger partial charge in [0.25, 0.3) is 0 Å².